The third-order valence-electron chi connectivity index (χ3n) is 8.05. The summed E-state index contributed by atoms with van der Waals surface area (Å²) < 4.78 is 7.78. The highest BCUT2D eigenvalue weighted by atomic mass is 16.5. The number of para-hydroxylation sites is 1. The van der Waals surface area contributed by atoms with Crippen LogP contribution in [0.4, 0.5) is 5.69 Å². The van der Waals surface area contributed by atoms with Crippen molar-refractivity contribution in [3.8, 4) is 16.9 Å². The van der Waals surface area contributed by atoms with E-state index in [0.29, 0.717) is 43.2 Å². The SMILES string of the molecule is C=CCN1CCN(C(=O)c2ccc3n2Cc2ccccc2N(C(=O)c2ccc(-c4ccccc4)c(OC)c2)C3)CC1. The van der Waals surface area contributed by atoms with Crippen molar-refractivity contribution in [1.29, 1.82) is 0 Å². The normalized spacial score (nSPS) is 15.0. The van der Waals surface area contributed by atoms with Crippen LogP contribution < -0.4 is 9.64 Å². The highest BCUT2D eigenvalue weighted by Crippen LogP contribution is 2.34. The van der Waals surface area contributed by atoms with Gasteiger partial charge in [0.25, 0.3) is 11.8 Å². The van der Waals surface area contributed by atoms with Gasteiger partial charge in [0.1, 0.15) is 11.4 Å². The van der Waals surface area contributed by atoms with E-state index in [2.05, 4.69) is 16.0 Å². The van der Waals surface area contributed by atoms with Gasteiger partial charge in [0.05, 0.1) is 20.2 Å². The first kappa shape index (κ1) is 26.6. The lowest BCUT2D eigenvalue weighted by molar-refractivity contribution is 0.0639. The molecule has 0 bridgehead atoms. The molecule has 2 amide bonds. The lowest BCUT2D eigenvalue weighted by Crippen LogP contribution is -2.49. The summed E-state index contributed by atoms with van der Waals surface area (Å²) in [7, 11) is 1.63. The van der Waals surface area contributed by atoms with Crippen molar-refractivity contribution in [2.24, 2.45) is 0 Å². The molecule has 6 rings (SSSR count). The summed E-state index contributed by atoms with van der Waals surface area (Å²) in [5.74, 6) is 0.568. The number of carbonyl (C=O) groups excluding carboxylic acids is 2. The van der Waals surface area contributed by atoms with E-state index in [1.54, 1.807) is 7.11 Å². The molecule has 7 heteroatoms. The standard InChI is InChI=1S/C34H34N4O3/c1-3-17-35-18-20-36(21-19-35)34(40)31-16-14-28-24-38(30-12-8-7-11-27(30)23-37(28)31)33(39)26-13-15-29(32(22-26)41-2)25-9-5-4-6-10-25/h3-16,22H,1,17-21,23-24H2,2H3. The largest absolute Gasteiger partial charge is 0.496 e. The molecule has 0 radical (unpaired) electrons. The van der Waals surface area contributed by atoms with Gasteiger partial charge in [-0.3, -0.25) is 14.5 Å². The quantitative estimate of drug-likeness (QED) is 0.308. The number of rotatable bonds is 6. The lowest BCUT2D eigenvalue weighted by Gasteiger charge is -2.34. The molecule has 1 aromatic heterocycles. The second kappa shape index (κ2) is 11.5. The molecule has 2 aliphatic rings. The van der Waals surface area contributed by atoms with Gasteiger partial charge in [-0.05, 0) is 47.5 Å². The van der Waals surface area contributed by atoms with Gasteiger partial charge in [-0.1, -0.05) is 54.6 Å². The number of hydrogen-bond acceptors (Lipinski definition) is 4. The first-order valence-electron chi connectivity index (χ1n) is 14.0. The van der Waals surface area contributed by atoms with Gasteiger partial charge in [0, 0.05) is 55.2 Å². The molecule has 3 heterocycles. The van der Waals surface area contributed by atoms with Crippen molar-refractivity contribution in [2.45, 2.75) is 13.1 Å². The molecule has 1 saturated heterocycles. The minimum absolute atomic E-state index is 0.0352. The molecule has 0 aliphatic carbocycles. The van der Waals surface area contributed by atoms with Crippen LogP contribution in [-0.4, -0.2) is 66.0 Å². The monoisotopic (exact) mass is 546 g/mol. The molecule has 2 aliphatic heterocycles. The zero-order chi connectivity index (χ0) is 28.3. The number of anilines is 1. The summed E-state index contributed by atoms with van der Waals surface area (Å²) >= 11 is 0. The zero-order valence-corrected chi connectivity index (χ0v) is 23.3. The number of piperazine rings is 1. The molecule has 4 aromatic rings. The first-order valence-corrected chi connectivity index (χ1v) is 14.0. The number of aromatic nitrogens is 1. The Kier molecular flexibility index (Phi) is 7.44. The minimum Gasteiger partial charge on any atom is -0.496 e. The maximum atomic E-state index is 14.1. The Hall–Kier alpha value is -4.62. The van der Waals surface area contributed by atoms with Gasteiger partial charge in [0.15, 0.2) is 0 Å². The summed E-state index contributed by atoms with van der Waals surface area (Å²) in [5.41, 5.74) is 5.94. The number of methoxy groups -OCH3 is 1. The third-order valence-corrected chi connectivity index (χ3v) is 8.05. The number of ether oxygens (including phenoxy) is 1. The molecule has 1 fully saturated rings. The average molecular weight is 547 g/mol. The van der Waals surface area contributed by atoms with E-state index < -0.39 is 0 Å². The van der Waals surface area contributed by atoms with Crippen molar-refractivity contribution in [3.63, 3.8) is 0 Å². The van der Waals surface area contributed by atoms with Gasteiger partial charge in [-0.2, -0.15) is 0 Å². The molecule has 0 unspecified atom stereocenters. The van der Waals surface area contributed by atoms with Crippen molar-refractivity contribution in [1.82, 2.24) is 14.4 Å². The Balaban J connectivity index is 1.30. The second-order valence-corrected chi connectivity index (χ2v) is 10.5. The fourth-order valence-corrected chi connectivity index (χ4v) is 5.84. The number of carbonyl (C=O) groups is 2. The van der Waals surface area contributed by atoms with E-state index in [-0.39, 0.29) is 11.8 Å². The number of fused-ring (bicyclic) bond motifs is 2. The van der Waals surface area contributed by atoms with E-state index in [0.717, 1.165) is 47.7 Å². The van der Waals surface area contributed by atoms with Crippen LogP contribution >= 0.6 is 0 Å². The maximum Gasteiger partial charge on any atom is 0.270 e. The summed E-state index contributed by atoms with van der Waals surface area (Å²) in [5, 5.41) is 0. The summed E-state index contributed by atoms with van der Waals surface area (Å²) in [6.07, 6.45) is 1.91. The third kappa shape index (κ3) is 5.16. The first-order chi connectivity index (χ1) is 20.1. The summed E-state index contributed by atoms with van der Waals surface area (Å²) in [6, 6.07) is 27.5. The van der Waals surface area contributed by atoms with Crippen LogP contribution in [0.2, 0.25) is 0 Å². The summed E-state index contributed by atoms with van der Waals surface area (Å²) in [4.78, 5) is 33.8. The lowest BCUT2D eigenvalue weighted by atomic mass is 10.0. The van der Waals surface area contributed by atoms with Gasteiger partial charge < -0.3 is 19.1 Å². The molecule has 0 saturated carbocycles. The zero-order valence-electron chi connectivity index (χ0n) is 23.3. The fraction of sp³-hybridized carbons (Fsp3) is 0.235. The van der Waals surface area contributed by atoms with E-state index in [9.17, 15) is 9.59 Å². The van der Waals surface area contributed by atoms with Crippen LogP contribution in [0.5, 0.6) is 5.75 Å². The van der Waals surface area contributed by atoms with Crippen LogP contribution in [0.25, 0.3) is 11.1 Å². The molecule has 41 heavy (non-hydrogen) atoms. The number of amides is 2. The topological polar surface area (TPSA) is 58.0 Å². The minimum atomic E-state index is -0.115. The Morgan fingerprint density at radius 1 is 0.854 bits per heavy atom. The van der Waals surface area contributed by atoms with Crippen LogP contribution in [-0.2, 0) is 13.1 Å². The van der Waals surface area contributed by atoms with E-state index in [1.165, 1.54) is 0 Å². The molecule has 0 N–H and O–H groups in total. The second-order valence-electron chi connectivity index (χ2n) is 10.5. The van der Waals surface area contributed by atoms with E-state index in [1.807, 2.05) is 101 Å². The Morgan fingerprint density at radius 2 is 1.61 bits per heavy atom. The van der Waals surface area contributed by atoms with E-state index in [4.69, 9.17) is 4.74 Å². The fourth-order valence-electron chi connectivity index (χ4n) is 5.84. The van der Waals surface area contributed by atoms with Crippen molar-refractivity contribution < 1.29 is 14.3 Å². The Morgan fingerprint density at radius 3 is 2.37 bits per heavy atom. The van der Waals surface area contributed by atoms with Crippen molar-refractivity contribution in [2.75, 3.05) is 44.7 Å². The van der Waals surface area contributed by atoms with Crippen LogP contribution in [0.3, 0.4) is 0 Å². The van der Waals surface area contributed by atoms with Gasteiger partial charge >= 0.3 is 0 Å². The van der Waals surface area contributed by atoms with Gasteiger partial charge in [0.2, 0.25) is 0 Å². The van der Waals surface area contributed by atoms with Crippen LogP contribution in [0.15, 0.2) is 97.6 Å². The van der Waals surface area contributed by atoms with Crippen molar-refractivity contribution in [3.05, 3.63) is 120 Å². The van der Waals surface area contributed by atoms with Gasteiger partial charge in [-0.25, -0.2) is 0 Å². The van der Waals surface area contributed by atoms with Crippen LogP contribution in [0.1, 0.15) is 32.1 Å². The predicted octanol–water partition coefficient (Wildman–Crippen LogP) is 5.32. The predicted molar refractivity (Wildman–Crippen MR) is 161 cm³/mol. The van der Waals surface area contributed by atoms with Crippen LogP contribution in [0, 0.1) is 0 Å². The Labute approximate surface area is 240 Å². The van der Waals surface area contributed by atoms with E-state index >= 15 is 0 Å². The smallest absolute Gasteiger partial charge is 0.270 e. The highest BCUT2D eigenvalue weighted by molar-refractivity contribution is 6.07. The number of benzene rings is 3. The van der Waals surface area contributed by atoms with Crippen molar-refractivity contribution >= 4 is 17.5 Å². The molecular formula is C34H34N4O3. The molecular weight excluding hydrogens is 512 g/mol. The average Bonchev–Trinajstić information content (AvgIpc) is 3.33. The molecule has 208 valence electrons. The Bertz CT molecular complexity index is 1580. The number of nitrogens with zero attached hydrogens (tertiary/aromatic N) is 4. The molecule has 0 atom stereocenters. The molecule has 3 aromatic carbocycles. The number of hydrogen-bond donors (Lipinski definition) is 0. The summed E-state index contributed by atoms with van der Waals surface area (Å²) in [6.45, 7) is 8.60. The van der Waals surface area contributed by atoms with Gasteiger partial charge in [-0.15, -0.1) is 6.58 Å². The molecule has 0 spiro atoms. The molecule has 7 nitrogen and oxygen atoms in total. The highest BCUT2D eigenvalue weighted by Gasteiger charge is 2.30. The maximum absolute atomic E-state index is 14.1.